The molecule has 2 N–H and O–H groups in total. The van der Waals surface area contributed by atoms with Crippen LogP contribution >= 0.6 is 0 Å². The number of piperidine rings is 1. The summed E-state index contributed by atoms with van der Waals surface area (Å²) in [5, 5.41) is 0. The molecule has 0 bridgehead atoms. The first-order valence-corrected chi connectivity index (χ1v) is 6.77. The lowest BCUT2D eigenvalue weighted by atomic mass is 10.0. The fraction of sp³-hybridized carbons (Fsp3) is 1.00. The number of likely N-dealkylation sites (tertiary alicyclic amines) is 1. The molecule has 1 fully saturated rings. The first kappa shape index (κ1) is 13.9. The van der Waals surface area contributed by atoms with Gasteiger partial charge in [0, 0.05) is 18.6 Å². The molecule has 0 aromatic heterocycles. The van der Waals surface area contributed by atoms with Gasteiger partial charge in [-0.2, -0.15) is 0 Å². The van der Waals surface area contributed by atoms with Crippen LogP contribution < -0.4 is 5.73 Å². The zero-order valence-corrected chi connectivity index (χ0v) is 11.3. The Morgan fingerprint density at radius 1 is 1.44 bits per heavy atom. The molecular formula is C13H29N3. The Hall–Kier alpha value is -0.120. The van der Waals surface area contributed by atoms with Crippen molar-refractivity contribution in [3.8, 4) is 0 Å². The molecule has 0 radical (unpaired) electrons. The van der Waals surface area contributed by atoms with Gasteiger partial charge in [0.15, 0.2) is 0 Å². The highest BCUT2D eigenvalue weighted by Crippen LogP contribution is 2.14. The molecule has 2 atom stereocenters. The average molecular weight is 227 g/mol. The normalized spacial score (nSPS) is 24.9. The van der Waals surface area contributed by atoms with Gasteiger partial charge < -0.3 is 15.5 Å². The van der Waals surface area contributed by atoms with Crippen molar-refractivity contribution in [2.24, 2.45) is 5.73 Å². The molecule has 1 aliphatic heterocycles. The molecule has 0 aromatic rings. The van der Waals surface area contributed by atoms with Crippen LogP contribution in [0.1, 0.15) is 39.0 Å². The lowest BCUT2D eigenvalue weighted by Gasteiger charge is -2.36. The molecule has 1 saturated heterocycles. The van der Waals surface area contributed by atoms with Crippen molar-refractivity contribution in [3.05, 3.63) is 0 Å². The van der Waals surface area contributed by atoms with E-state index in [4.69, 9.17) is 5.73 Å². The minimum atomic E-state index is 0.412. The largest absolute Gasteiger partial charge is 0.328 e. The molecule has 96 valence electrons. The van der Waals surface area contributed by atoms with Crippen LogP contribution in [-0.2, 0) is 0 Å². The van der Waals surface area contributed by atoms with Gasteiger partial charge in [-0.3, -0.25) is 0 Å². The number of hydrogen-bond donors (Lipinski definition) is 1. The van der Waals surface area contributed by atoms with Gasteiger partial charge in [-0.15, -0.1) is 0 Å². The topological polar surface area (TPSA) is 32.5 Å². The summed E-state index contributed by atoms with van der Waals surface area (Å²) in [4.78, 5) is 4.97. The second-order valence-electron chi connectivity index (χ2n) is 5.37. The van der Waals surface area contributed by atoms with Crippen molar-refractivity contribution in [2.75, 3.05) is 33.7 Å². The lowest BCUT2D eigenvalue weighted by molar-refractivity contribution is 0.131. The van der Waals surface area contributed by atoms with Crippen LogP contribution in [-0.4, -0.2) is 55.6 Å². The molecule has 1 heterocycles. The highest BCUT2D eigenvalue weighted by Gasteiger charge is 2.20. The minimum Gasteiger partial charge on any atom is -0.328 e. The summed E-state index contributed by atoms with van der Waals surface area (Å²) in [6.45, 7) is 5.94. The summed E-state index contributed by atoms with van der Waals surface area (Å²) in [6.07, 6.45) is 6.26. The predicted molar refractivity (Wildman–Crippen MR) is 70.6 cm³/mol. The Labute approximate surface area is 101 Å². The molecular weight excluding hydrogens is 198 g/mol. The zero-order valence-electron chi connectivity index (χ0n) is 11.3. The number of nitrogens with two attached hydrogens (primary N) is 1. The monoisotopic (exact) mass is 227 g/mol. The van der Waals surface area contributed by atoms with E-state index >= 15 is 0 Å². The molecule has 0 amide bonds. The smallest absolute Gasteiger partial charge is 0.0217 e. The SMILES string of the molecule is CCC(N)CCCN1CCCC(N(C)C)C1. The second-order valence-corrected chi connectivity index (χ2v) is 5.37. The summed E-state index contributed by atoms with van der Waals surface area (Å²) in [7, 11) is 4.39. The van der Waals surface area contributed by atoms with Crippen molar-refractivity contribution in [2.45, 2.75) is 51.1 Å². The van der Waals surface area contributed by atoms with Gasteiger partial charge >= 0.3 is 0 Å². The van der Waals surface area contributed by atoms with E-state index in [9.17, 15) is 0 Å². The maximum atomic E-state index is 5.94. The molecule has 1 aliphatic rings. The third-order valence-electron chi connectivity index (χ3n) is 3.78. The van der Waals surface area contributed by atoms with E-state index in [1.807, 2.05) is 0 Å². The van der Waals surface area contributed by atoms with Gasteiger partial charge in [-0.25, -0.2) is 0 Å². The standard InChI is InChI=1S/C13H29N3/c1-4-12(14)7-5-9-16-10-6-8-13(11-16)15(2)3/h12-13H,4-11,14H2,1-3H3. The van der Waals surface area contributed by atoms with Crippen LogP contribution in [0.4, 0.5) is 0 Å². The highest BCUT2D eigenvalue weighted by molar-refractivity contribution is 4.78. The van der Waals surface area contributed by atoms with E-state index < -0.39 is 0 Å². The van der Waals surface area contributed by atoms with Crippen LogP contribution in [0.15, 0.2) is 0 Å². The Balaban J connectivity index is 2.17. The number of nitrogens with zero attached hydrogens (tertiary/aromatic N) is 2. The Kier molecular flexibility index (Phi) is 6.32. The molecule has 3 heteroatoms. The summed E-state index contributed by atoms with van der Waals surface area (Å²) in [6, 6.07) is 1.17. The highest BCUT2D eigenvalue weighted by atomic mass is 15.2. The van der Waals surface area contributed by atoms with E-state index in [0.717, 1.165) is 12.5 Å². The van der Waals surface area contributed by atoms with Gasteiger partial charge in [0.2, 0.25) is 0 Å². The van der Waals surface area contributed by atoms with Gasteiger partial charge in [-0.1, -0.05) is 6.92 Å². The van der Waals surface area contributed by atoms with Crippen molar-refractivity contribution in [1.82, 2.24) is 9.80 Å². The Bertz CT molecular complexity index is 182. The zero-order chi connectivity index (χ0) is 12.0. The lowest BCUT2D eigenvalue weighted by Crippen LogP contribution is -2.45. The van der Waals surface area contributed by atoms with Gasteiger partial charge in [-0.05, 0) is 59.3 Å². The van der Waals surface area contributed by atoms with E-state index in [1.165, 1.54) is 45.3 Å². The van der Waals surface area contributed by atoms with E-state index in [0.29, 0.717) is 6.04 Å². The Morgan fingerprint density at radius 2 is 2.19 bits per heavy atom. The number of hydrogen-bond acceptors (Lipinski definition) is 3. The molecule has 0 aromatic carbocycles. The number of likely N-dealkylation sites (N-methyl/N-ethyl adjacent to an activating group) is 1. The van der Waals surface area contributed by atoms with Crippen LogP contribution in [0.2, 0.25) is 0 Å². The first-order chi connectivity index (χ1) is 7.63. The molecule has 0 saturated carbocycles. The minimum absolute atomic E-state index is 0.412. The quantitative estimate of drug-likeness (QED) is 0.747. The van der Waals surface area contributed by atoms with Crippen molar-refractivity contribution in [1.29, 1.82) is 0 Å². The van der Waals surface area contributed by atoms with Crippen LogP contribution in [0.25, 0.3) is 0 Å². The molecule has 1 rings (SSSR count). The van der Waals surface area contributed by atoms with Crippen LogP contribution in [0, 0.1) is 0 Å². The van der Waals surface area contributed by atoms with Crippen molar-refractivity contribution < 1.29 is 0 Å². The summed E-state index contributed by atoms with van der Waals surface area (Å²) < 4.78 is 0. The fourth-order valence-corrected chi connectivity index (χ4v) is 2.44. The van der Waals surface area contributed by atoms with E-state index in [1.54, 1.807) is 0 Å². The fourth-order valence-electron chi connectivity index (χ4n) is 2.44. The van der Waals surface area contributed by atoms with Gasteiger partial charge in [0.25, 0.3) is 0 Å². The van der Waals surface area contributed by atoms with Crippen LogP contribution in [0.3, 0.4) is 0 Å². The van der Waals surface area contributed by atoms with E-state index in [-0.39, 0.29) is 0 Å². The van der Waals surface area contributed by atoms with Crippen molar-refractivity contribution >= 4 is 0 Å². The van der Waals surface area contributed by atoms with Crippen molar-refractivity contribution in [3.63, 3.8) is 0 Å². The Morgan fingerprint density at radius 3 is 2.81 bits per heavy atom. The number of rotatable bonds is 6. The second kappa shape index (κ2) is 7.25. The summed E-state index contributed by atoms with van der Waals surface area (Å²) in [5.74, 6) is 0. The molecule has 0 aliphatic carbocycles. The third-order valence-corrected chi connectivity index (χ3v) is 3.78. The summed E-state index contributed by atoms with van der Waals surface area (Å²) >= 11 is 0. The van der Waals surface area contributed by atoms with Crippen LogP contribution in [0.5, 0.6) is 0 Å². The molecule has 3 nitrogen and oxygen atoms in total. The van der Waals surface area contributed by atoms with Gasteiger partial charge in [0.1, 0.15) is 0 Å². The maximum Gasteiger partial charge on any atom is 0.0217 e. The van der Waals surface area contributed by atoms with E-state index in [2.05, 4.69) is 30.8 Å². The summed E-state index contributed by atoms with van der Waals surface area (Å²) in [5.41, 5.74) is 5.94. The average Bonchev–Trinajstić information content (AvgIpc) is 2.29. The molecule has 0 spiro atoms. The third kappa shape index (κ3) is 4.81. The first-order valence-electron chi connectivity index (χ1n) is 6.77. The van der Waals surface area contributed by atoms with Gasteiger partial charge in [0.05, 0.1) is 0 Å². The molecule has 16 heavy (non-hydrogen) atoms. The maximum absolute atomic E-state index is 5.94. The molecule has 2 unspecified atom stereocenters. The predicted octanol–water partition coefficient (Wildman–Crippen LogP) is 1.53.